The van der Waals surface area contributed by atoms with Crippen LogP contribution in [0.5, 0.6) is 0 Å². The first-order valence-electron chi connectivity index (χ1n) is 7.49. The summed E-state index contributed by atoms with van der Waals surface area (Å²) in [5.41, 5.74) is 0.836. The van der Waals surface area contributed by atoms with Crippen LogP contribution in [-0.4, -0.2) is 22.5 Å². The topological polar surface area (TPSA) is 45.2 Å². The summed E-state index contributed by atoms with van der Waals surface area (Å²) in [6, 6.07) is 7.05. The summed E-state index contributed by atoms with van der Waals surface area (Å²) in [4.78, 5) is 17.8. The van der Waals surface area contributed by atoms with Gasteiger partial charge in [-0.05, 0) is 36.1 Å². The SMILES string of the molecule is C[C@@H]1CCN(C(=O)Nc2ccncc2F)[C@H]1c1cccc(F)c1. The molecule has 1 saturated heterocycles. The second kappa shape index (κ2) is 6.32. The highest BCUT2D eigenvalue weighted by Gasteiger charge is 2.35. The maximum absolute atomic E-state index is 13.6. The average Bonchev–Trinajstić information content (AvgIpc) is 2.91. The first-order valence-corrected chi connectivity index (χ1v) is 7.49. The molecule has 2 amide bonds. The normalized spacial score (nSPS) is 20.6. The molecular weight excluding hydrogens is 300 g/mol. The minimum absolute atomic E-state index is 0.0857. The smallest absolute Gasteiger partial charge is 0.317 e. The number of hydrogen-bond acceptors (Lipinski definition) is 2. The van der Waals surface area contributed by atoms with Gasteiger partial charge in [-0.1, -0.05) is 19.1 Å². The van der Waals surface area contributed by atoms with Gasteiger partial charge in [0.25, 0.3) is 0 Å². The van der Waals surface area contributed by atoms with Crippen LogP contribution in [-0.2, 0) is 0 Å². The fourth-order valence-electron chi connectivity index (χ4n) is 3.04. The molecule has 1 aromatic carbocycles. The fraction of sp³-hybridized carbons (Fsp3) is 0.294. The van der Waals surface area contributed by atoms with Gasteiger partial charge < -0.3 is 10.2 Å². The van der Waals surface area contributed by atoms with Gasteiger partial charge in [0.05, 0.1) is 17.9 Å². The van der Waals surface area contributed by atoms with Gasteiger partial charge in [-0.25, -0.2) is 13.6 Å². The van der Waals surface area contributed by atoms with E-state index in [2.05, 4.69) is 10.3 Å². The first kappa shape index (κ1) is 15.4. The third kappa shape index (κ3) is 3.16. The number of anilines is 1. The summed E-state index contributed by atoms with van der Waals surface area (Å²) in [5.74, 6) is -0.720. The van der Waals surface area contributed by atoms with Crippen LogP contribution in [0.2, 0.25) is 0 Å². The Morgan fingerprint density at radius 1 is 1.35 bits per heavy atom. The maximum Gasteiger partial charge on any atom is 0.322 e. The molecule has 6 heteroatoms. The van der Waals surface area contributed by atoms with Crippen molar-refractivity contribution in [3.63, 3.8) is 0 Å². The van der Waals surface area contributed by atoms with Crippen molar-refractivity contribution in [2.24, 2.45) is 5.92 Å². The molecule has 3 rings (SSSR count). The van der Waals surface area contributed by atoms with E-state index in [-0.39, 0.29) is 23.5 Å². The van der Waals surface area contributed by atoms with Crippen LogP contribution in [0.3, 0.4) is 0 Å². The van der Waals surface area contributed by atoms with E-state index in [4.69, 9.17) is 0 Å². The number of urea groups is 1. The van der Waals surface area contributed by atoms with Gasteiger partial charge in [-0.15, -0.1) is 0 Å². The summed E-state index contributed by atoms with van der Waals surface area (Å²) < 4.78 is 27.1. The van der Waals surface area contributed by atoms with E-state index in [1.165, 1.54) is 24.4 Å². The van der Waals surface area contributed by atoms with Crippen molar-refractivity contribution < 1.29 is 13.6 Å². The maximum atomic E-state index is 13.6. The summed E-state index contributed by atoms with van der Waals surface area (Å²) in [5, 5.41) is 2.57. The van der Waals surface area contributed by atoms with Gasteiger partial charge in [0, 0.05) is 12.7 Å². The van der Waals surface area contributed by atoms with E-state index >= 15 is 0 Å². The Balaban J connectivity index is 1.83. The van der Waals surface area contributed by atoms with Crippen molar-refractivity contribution in [3.05, 3.63) is 59.9 Å². The predicted molar refractivity (Wildman–Crippen MR) is 82.8 cm³/mol. The molecule has 4 nitrogen and oxygen atoms in total. The molecule has 1 fully saturated rings. The summed E-state index contributed by atoms with van der Waals surface area (Å²) >= 11 is 0. The van der Waals surface area contributed by atoms with Gasteiger partial charge >= 0.3 is 6.03 Å². The zero-order chi connectivity index (χ0) is 16.4. The van der Waals surface area contributed by atoms with Crippen LogP contribution in [0.25, 0.3) is 0 Å². The minimum atomic E-state index is -0.588. The molecule has 0 saturated carbocycles. The molecule has 120 valence electrons. The minimum Gasteiger partial charge on any atom is -0.317 e. The average molecular weight is 317 g/mol. The number of likely N-dealkylation sites (tertiary alicyclic amines) is 1. The third-order valence-corrected chi connectivity index (χ3v) is 4.17. The van der Waals surface area contributed by atoms with Crippen LogP contribution < -0.4 is 5.32 Å². The highest BCUT2D eigenvalue weighted by atomic mass is 19.1. The molecule has 1 N–H and O–H groups in total. The van der Waals surface area contributed by atoms with Gasteiger partial charge in [0.15, 0.2) is 5.82 Å². The monoisotopic (exact) mass is 317 g/mol. The lowest BCUT2D eigenvalue weighted by Crippen LogP contribution is -2.35. The Morgan fingerprint density at radius 3 is 2.91 bits per heavy atom. The molecular formula is C17H17F2N3O. The number of nitrogens with zero attached hydrogens (tertiary/aromatic N) is 2. The van der Waals surface area contributed by atoms with Gasteiger partial charge in [-0.2, -0.15) is 0 Å². The van der Waals surface area contributed by atoms with Crippen molar-refractivity contribution in [3.8, 4) is 0 Å². The Morgan fingerprint density at radius 2 is 2.17 bits per heavy atom. The number of carbonyl (C=O) groups is 1. The number of halogens is 2. The molecule has 0 radical (unpaired) electrons. The van der Waals surface area contributed by atoms with E-state index in [0.717, 1.165) is 18.2 Å². The number of benzene rings is 1. The van der Waals surface area contributed by atoms with Crippen LogP contribution >= 0.6 is 0 Å². The molecule has 2 aromatic rings. The number of aromatic nitrogens is 1. The van der Waals surface area contributed by atoms with Crippen LogP contribution in [0.4, 0.5) is 19.3 Å². The predicted octanol–water partition coefficient (Wildman–Crippen LogP) is 3.97. The highest BCUT2D eigenvalue weighted by molar-refractivity contribution is 5.89. The number of pyridine rings is 1. The summed E-state index contributed by atoms with van der Waals surface area (Å²) in [6.45, 7) is 2.57. The molecule has 2 heterocycles. The molecule has 2 atom stereocenters. The summed E-state index contributed by atoms with van der Waals surface area (Å²) in [6.07, 6.45) is 3.27. The lowest BCUT2D eigenvalue weighted by atomic mass is 9.95. The van der Waals surface area contributed by atoms with Gasteiger partial charge in [0.2, 0.25) is 0 Å². The molecule has 0 bridgehead atoms. The number of nitrogens with one attached hydrogen (secondary N) is 1. The van der Waals surface area contributed by atoms with Gasteiger partial charge in [0.1, 0.15) is 5.82 Å². The van der Waals surface area contributed by atoms with Crippen molar-refractivity contribution in [1.29, 1.82) is 0 Å². The number of rotatable bonds is 2. The second-order valence-electron chi connectivity index (χ2n) is 5.74. The van der Waals surface area contributed by atoms with Crippen LogP contribution in [0.15, 0.2) is 42.7 Å². The van der Waals surface area contributed by atoms with E-state index < -0.39 is 11.8 Å². The zero-order valence-electron chi connectivity index (χ0n) is 12.7. The fourth-order valence-corrected chi connectivity index (χ4v) is 3.04. The number of amides is 2. The van der Waals surface area contributed by atoms with E-state index in [0.29, 0.717) is 6.54 Å². The molecule has 1 aliphatic heterocycles. The quantitative estimate of drug-likeness (QED) is 0.911. The number of carbonyl (C=O) groups excluding carboxylic acids is 1. The molecule has 0 aliphatic carbocycles. The standard InChI is InChI=1S/C17H17F2N3O/c1-11-6-8-22(16(11)12-3-2-4-13(18)9-12)17(23)21-15-5-7-20-10-14(15)19/h2-5,7,9-11,16H,6,8H2,1H3,(H,20,21,23)/t11-,16-/m1/s1. The lowest BCUT2D eigenvalue weighted by molar-refractivity contribution is 0.201. The van der Waals surface area contributed by atoms with Crippen LogP contribution in [0, 0.1) is 17.6 Å². The van der Waals surface area contributed by atoms with E-state index in [1.54, 1.807) is 11.0 Å². The van der Waals surface area contributed by atoms with Crippen LogP contribution in [0.1, 0.15) is 24.9 Å². The molecule has 23 heavy (non-hydrogen) atoms. The Bertz CT molecular complexity index is 722. The molecule has 0 unspecified atom stereocenters. The van der Waals surface area contributed by atoms with Crippen molar-refractivity contribution in [2.45, 2.75) is 19.4 Å². The molecule has 0 spiro atoms. The van der Waals surface area contributed by atoms with Gasteiger partial charge in [-0.3, -0.25) is 4.98 Å². The zero-order valence-corrected chi connectivity index (χ0v) is 12.7. The van der Waals surface area contributed by atoms with Crippen molar-refractivity contribution in [2.75, 3.05) is 11.9 Å². The van der Waals surface area contributed by atoms with E-state index in [9.17, 15) is 13.6 Å². The lowest BCUT2D eigenvalue weighted by Gasteiger charge is -2.27. The Kier molecular flexibility index (Phi) is 4.23. The molecule has 1 aliphatic rings. The first-order chi connectivity index (χ1) is 11.1. The van der Waals surface area contributed by atoms with E-state index in [1.807, 2.05) is 13.0 Å². The van der Waals surface area contributed by atoms with Crippen molar-refractivity contribution >= 4 is 11.7 Å². The summed E-state index contributed by atoms with van der Waals surface area (Å²) in [7, 11) is 0. The number of hydrogen-bond donors (Lipinski definition) is 1. The Hall–Kier alpha value is -2.50. The second-order valence-corrected chi connectivity index (χ2v) is 5.74. The molecule has 1 aromatic heterocycles. The largest absolute Gasteiger partial charge is 0.322 e. The van der Waals surface area contributed by atoms with Crippen molar-refractivity contribution in [1.82, 2.24) is 9.88 Å². The third-order valence-electron chi connectivity index (χ3n) is 4.17. The highest BCUT2D eigenvalue weighted by Crippen LogP contribution is 2.37. The Labute approximate surface area is 133 Å².